The molecule has 2 fully saturated rings. The van der Waals surface area contributed by atoms with E-state index in [2.05, 4.69) is 17.1 Å². The molecule has 1 N–H and O–H groups in total. The number of sulfonamides is 1. The summed E-state index contributed by atoms with van der Waals surface area (Å²) < 4.78 is 32.4. The summed E-state index contributed by atoms with van der Waals surface area (Å²) in [4.78, 5) is 17.4. The number of likely N-dealkylation sites (tertiary alicyclic amines) is 1. The van der Waals surface area contributed by atoms with Crippen molar-refractivity contribution < 1.29 is 17.9 Å². The Hall–Kier alpha value is -1.68. The molecular formula is C23H38N4O4S. The standard InChI is InChI=1S/C23H38N4O4S/c1-3-25-14-4-5-21(25)19-26(17-18-32(29,30)27-15-12-24-13-16-27)23(28)11-8-20-6-9-22(31-2)10-7-20/h6-7,9-10,21,24H,3-5,8,11-19H2,1-2H3/t21-/m1/s1. The number of ether oxygens (including phenoxy) is 1. The van der Waals surface area contributed by atoms with Gasteiger partial charge in [0.1, 0.15) is 5.75 Å². The minimum absolute atomic E-state index is 0.0138. The molecule has 0 bridgehead atoms. The number of amides is 1. The molecule has 3 rings (SSSR count). The molecule has 2 heterocycles. The third-order valence-corrected chi connectivity index (χ3v) is 8.41. The monoisotopic (exact) mass is 466 g/mol. The van der Waals surface area contributed by atoms with Crippen LogP contribution in [0.4, 0.5) is 0 Å². The number of rotatable bonds is 11. The molecule has 2 saturated heterocycles. The summed E-state index contributed by atoms with van der Waals surface area (Å²) in [6, 6.07) is 8.05. The molecule has 180 valence electrons. The van der Waals surface area contributed by atoms with Crippen LogP contribution in [0.15, 0.2) is 24.3 Å². The van der Waals surface area contributed by atoms with Crippen LogP contribution in [0.25, 0.3) is 0 Å². The third kappa shape index (κ3) is 6.91. The lowest BCUT2D eigenvalue weighted by Gasteiger charge is -2.32. The number of carbonyl (C=O) groups is 1. The number of nitrogens with zero attached hydrogens (tertiary/aromatic N) is 3. The van der Waals surface area contributed by atoms with Gasteiger partial charge in [0, 0.05) is 51.7 Å². The lowest BCUT2D eigenvalue weighted by molar-refractivity contribution is -0.131. The number of piperazine rings is 1. The summed E-state index contributed by atoms with van der Waals surface area (Å²) >= 11 is 0. The lowest BCUT2D eigenvalue weighted by atomic mass is 10.1. The average molecular weight is 467 g/mol. The van der Waals surface area contributed by atoms with Crippen molar-refractivity contribution >= 4 is 15.9 Å². The minimum Gasteiger partial charge on any atom is -0.497 e. The lowest BCUT2D eigenvalue weighted by Crippen LogP contribution is -2.49. The first-order valence-corrected chi connectivity index (χ1v) is 13.4. The summed E-state index contributed by atoms with van der Waals surface area (Å²) in [7, 11) is -1.74. The molecule has 1 aromatic carbocycles. The molecule has 0 radical (unpaired) electrons. The second-order valence-electron chi connectivity index (χ2n) is 8.58. The maximum Gasteiger partial charge on any atom is 0.222 e. The van der Waals surface area contributed by atoms with Gasteiger partial charge in [0.25, 0.3) is 0 Å². The van der Waals surface area contributed by atoms with Gasteiger partial charge in [-0.25, -0.2) is 8.42 Å². The first-order valence-electron chi connectivity index (χ1n) is 11.8. The fourth-order valence-electron chi connectivity index (χ4n) is 4.57. The van der Waals surface area contributed by atoms with E-state index in [0.717, 1.165) is 37.2 Å². The molecule has 1 atom stereocenters. The number of methoxy groups -OCH3 is 1. The van der Waals surface area contributed by atoms with Crippen LogP contribution in [-0.2, 0) is 21.2 Å². The van der Waals surface area contributed by atoms with Gasteiger partial charge in [-0.05, 0) is 50.0 Å². The zero-order valence-corrected chi connectivity index (χ0v) is 20.3. The van der Waals surface area contributed by atoms with Gasteiger partial charge < -0.3 is 15.0 Å². The Morgan fingerprint density at radius 2 is 1.91 bits per heavy atom. The molecule has 0 spiro atoms. The molecule has 0 saturated carbocycles. The average Bonchev–Trinajstić information content (AvgIpc) is 3.28. The summed E-state index contributed by atoms with van der Waals surface area (Å²) in [6.45, 7) is 7.36. The predicted octanol–water partition coefficient (Wildman–Crippen LogP) is 1.18. The molecular weight excluding hydrogens is 428 g/mol. The zero-order valence-electron chi connectivity index (χ0n) is 19.5. The number of benzene rings is 1. The van der Waals surface area contributed by atoms with Crippen molar-refractivity contribution in [2.45, 2.75) is 38.6 Å². The van der Waals surface area contributed by atoms with Crippen LogP contribution in [0.1, 0.15) is 31.7 Å². The van der Waals surface area contributed by atoms with Crippen LogP contribution >= 0.6 is 0 Å². The Morgan fingerprint density at radius 3 is 2.56 bits per heavy atom. The van der Waals surface area contributed by atoms with Crippen molar-refractivity contribution in [1.82, 2.24) is 19.4 Å². The molecule has 2 aliphatic rings. The molecule has 0 aromatic heterocycles. The van der Waals surface area contributed by atoms with Crippen LogP contribution in [0.3, 0.4) is 0 Å². The second kappa shape index (κ2) is 12.0. The summed E-state index contributed by atoms with van der Waals surface area (Å²) in [5.41, 5.74) is 1.07. The number of carbonyl (C=O) groups excluding carboxylic acids is 1. The Labute approximate surface area is 192 Å². The smallest absolute Gasteiger partial charge is 0.222 e. The van der Waals surface area contributed by atoms with Gasteiger partial charge in [0.15, 0.2) is 0 Å². The highest BCUT2D eigenvalue weighted by molar-refractivity contribution is 7.89. The highest BCUT2D eigenvalue weighted by atomic mass is 32.2. The summed E-state index contributed by atoms with van der Waals surface area (Å²) in [5, 5.41) is 3.18. The van der Waals surface area contributed by atoms with Gasteiger partial charge in [-0.1, -0.05) is 19.1 Å². The first-order chi connectivity index (χ1) is 15.4. The van der Waals surface area contributed by atoms with Crippen LogP contribution < -0.4 is 10.1 Å². The quantitative estimate of drug-likeness (QED) is 0.527. The van der Waals surface area contributed by atoms with E-state index in [1.807, 2.05) is 24.3 Å². The Balaban J connectivity index is 1.62. The number of aryl methyl sites for hydroxylation is 1. The molecule has 0 aliphatic carbocycles. The van der Waals surface area contributed by atoms with Gasteiger partial charge in [0.05, 0.1) is 12.9 Å². The third-order valence-electron chi connectivity index (χ3n) is 6.56. The van der Waals surface area contributed by atoms with Crippen molar-refractivity contribution in [2.75, 3.05) is 65.2 Å². The largest absolute Gasteiger partial charge is 0.497 e. The van der Waals surface area contributed by atoms with E-state index < -0.39 is 10.0 Å². The van der Waals surface area contributed by atoms with E-state index in [-0.39, 0.29) is 18.2 Å². The van der Waals surface area contributed by atoms with Gasteiger partial charge in [-0.15, -0.1) is 0 Å². The molecule has 1 aromatic rings. The van der Waals surface area contributed by atoms with Crippen LogP contribution in [-0.4, -0.2) is 99.7 Å². The van der Waals surface area contributed by atoms with Crippen molar-refractivity contribution in [3.63, 3.8) is 0 Å². The number of hydrogen-bond acceptors (Lipinski definition) is 6. The normalized spacial score (nSPS) is 20.4. The fourth-order valence-corrected chi connectivity index (χ4v) is 6.02. The first kappa shape index (κ1) is 25.0. The van der Waals surface area contributed by atoms with Gasteiger partial charge in [0.2, 0.25) is 15.9 Å². The van der Waals surface area contributed by atoms with E-state index in [1.54, 1.807) is 16.3 Å². The minimum atomic E-state index is -3.37. The zero-order chi connectivity index (χ0) is 23.0. The van der Waals surface area contributed by atoms with E-state index in [1.165, 1.54) is 0 Å². The van der Waals surface area contributed by atoms with Crippen LogP contribution in [0, 0.1) is 0 Å². The van der Waals surface area contributed by atoms with Gasteiger partial charge >= 0.3 is 0 Å². The summed E-state index contributed by atoms with van der Waals surface area (Å²) in [6.07, 6.45) is 3.19. The van der Waals surface area contributed by atoms with Crippen LogP contribution in [0.5, 0.6) is 5.75 Å². The fraction of sp³-hybridized carbons (Fsp3) is 0.696. The topological polar surface area (TPSA) is 82.2 Å². The van der Waals surface area contributed by atoms with E-state index in [4.69, 9.17) is 4.74 Å². The molecule has 2 aliphatic heterocycles. The molecule has 9 heteroatoms. The maximum atomic E-state index is 13.2. The Bertz CT molecular complexity index is 825. The van der Waals surface area contributed by atoms with E-state index >= 15 is 0 Å². The molecule has 1 amide bonds. The van der Waals surface area contributed by atoms with Crippen molar-refractivity contribution in [3.8, 4) is 5.75 Å². The molecule has 32 heavy (non-hydrogen) atoms. The highest BCUT2D eigenvalue weighted by Crippen LogP contribution is 2.19. The van der Waals surface area contributed by atoms with Crippen molar-refractivity contribution in [2.24, 2.45) is 0 Å². The molecule has 8 nitrogen and oxygen atoms in total. The van der Waals surface area contributed by atoms with E-state index in [9.17, 15) is 13.2 Å². The SMILES string of the molecule is CCN1CCC[C@@H]1CN(CCS(=O)(=O)N1CCNCC1)C(=O)CCc1ccc(OC)cc1. The van der Waals surface area contributed by atoms with Gasteiger partial charge in [-0.2, -0.15) is 4.31 Å². The number of likely N-dealkylation sites (N-methyl/N-ethyl adjacent to an activating group) is 1. The Morgan fingerprint density at radius 1 is 1.19 bits per heavy atom. The number of hydrogen-bond donors (Lipinski definition) is 1. The molecule has 0 unspecified atom stereocenters. The van der Waals surface area contributed by atoms with E-state index in [0.29, 0.717) is 51.6 Å². The number of nitrogens with one attached hydrogen (secondary N) is 1. The van der Waals surface area contributed by atoms with Crippen LogP contribution in [0.2, 0.25) is 0 Å². The second-order valence-corrected chi connectivity index (χ2v) is 10.7. The van der Waals surface area contributed by atoms with Gasteiger partial charge in [-0.3, -0.25) is 9.69 Å². The van der Waals surface area contributed by atoms with Crippen molar-refractivity contribution in [1.29, 1.82) is 0 Å². The Kier molecular flexibility index (Phi) is 9.34. The predicted molar refractivity (Wildman–Crippen MR) is 126 cm³/mol. The van der Waals surface area contributed by atoms with Crippen molar-refractivity contribution in [3.05, 3.63) is 29.8 Å². The summed E-state index contributed by atoms with van der Waals surface area (Å²) in [5.74, 6) is 0.806. The maximum absolute atomic E-state index is 13.2. The highest BCUT2D eigenvalue weighted by Gasteiger charge is 2.29.